The first kappa shape index (κ1) is 14.3. The van der Waals surface area contributed by atoms with Crippen LogP contribution < -0.4 is 10.1 Å². The van der Waals surface area contributed by atoms with E-state index in [4.69, 9.17) is 4.74 Å². The molecule has 0 unspecified atom stereocenters. The average molecular weight is 273 g/mol. The molecule has 0 aliphatic carbocycles. The molecule has 1 amide bonds. The Balaban J connectivity index is 2.72. The average Bonchev–Trinajstić information content (AvgIpc) is 2.27. The van der Waals surface area contributed by atoms with Crippen LogP contribution in [0.4, 0.5) is 0 Å². The van der Waals surface area contributed by atoms with Gasteiger partial charge in [0.05, 0.1) is 18.4 Å². The SMILES string of the molecule is COc1ccc(O)c(C(=O)NCCS(C)(=O)=O)c1. The van der Waals surface area contributed by atoms with Gasteiger partial charge in [0.15, 0.2) is 0 Å². The molecule has 0 saturated heterocycles. The molecular weight excluding hydrogens is 258 g/mol. The van der Waals surface area contributed by atoms with Crippen molar-refractivity contribution in [3.63, 3.8) is 0 Å². The molecule has 100 valence electrons. The molecule has 7 heteroatoms. The predicted molar refractivity (Wildman–Crippen MR) is 66.7 cm³/mol. The fourth-order valence-corrected chi connectivity index (χ4v) is 1.74. The van der Waals surface area contributed by atoms with Crippen LogP contribution in [0, 0.1) is 0 Å². The summed E-state index contributed by atoms with van der Waals surface area (Å²) in [4.78, 5) is 11.7. The first-order valence-electron chi connectivity index (χ1n) is 5.16. The summed E-state index contributed by atoms with van der Waals surface area (Å²) in [5.41, 5.74) is 0.0443. The predicted octanol–water partition coefficient (Wildman–Crippen LogP) is 0.175. The molecule has 6 nitrogen and oxygen atoms in total. The second-order valence-corrected chi connectivity index (χ2v) is 6.03. The first-order chi connectivity index (χ1) is 8.33. The van der Waals surface area contributed by atoms with E-state index in [-0.39, 0.29) is 23.6 Å². The zero-order valence-electron chi connectivity index (χ0n) is 10.1. The summed E-state index contributed by atoms with van der Waals surface area (Å²) in [6.07, 6.45) is 1.09. The van der Waals surface area contributed by atoms with Crippen molar-refractivity contribution in [1.29, 1.82) is 0 Å². The van der Waals surface area contributed by atoms with Crippen LogP contribution in [0.5, 0.6) is 11.5 Å². The van der Waals surface area contributed by atoms with Crippen molar-refractivity contribution >= 4 is 15.7 Å². The third kappa shape index (κ3) is 4.25. The summed E-state index contributed by atoms with van der Waals surface area (Å²) in [6, 6.07) is 4.23. The quantitative estimate of drug-likeness (QED) is 0.798. The number of phenols is 1. The highest BCUT2D eigenvalue weighted by Crippen LogP contribution is 2.22. The van der Waals surface area contributed by atoms with Crippen LogP contribution in [0.3, 0.4) is 0 Å². The summed E-state index contributed by atoms with van der Waals surface area (Å²) < 4.78 is 26.7. The van der Waals surface area contributed by atoms with Gasteiger partial charge in [-0.05, 0) is 18.2 Å². The van der Waals surface area contributed by atoms with E-state index in [0.717, 1.165) is 6.26 Å². The van der Waals surface area contributed by atoms with Crippen molar-refractivity contribution in [2.75, 3.05) is 25.7 Å². The highest BCUT2D eigenvalue weighted by molar-refractivity contribution is 7.90. The van der Waals surface area contributed by atoms with Gasteiger partial charge in [-0.3, -0.25) is 4.79 Å². The Hall–Kier alpha value is -1.76. The monoisotopic (exact) mass is 273 g/mol. The van der Waals surface area contributed by atoms with Gasteiger partial charge in [-0.2, -0.15) is 0 Å². The number of hydrogen-bond donors (Lipinski definition) is 2. The molecule has 0 fully saturated rings. The Bertz CT molecular complexity index is 538. The van der Waals surface area contributed by atoms with Gasteiger partial charge in [0.1, 0.15) is 21.3 Å². The van der Waals surface area contributed by atoms with Crippen LogP contribution in [0.2, 0.25) is 0 Å². The van der Waals surface area contributed by atoms with Gasteiger partial charge in [-0.1, -0.05) is 0 Å². The van der Waals surface area contributed by atoms with Gasteiger partial charge in [0.2, 0.25) is 0 Å². The molecule has 0 aromatic heterocycles. The number of amides is 1. The number of benzene rings is 1. The molecule has 0 aliphatic rings. The maximum absolute atomic E-state index is 11.7. The smallest absolute Gasteiger partial charge is 0.255 e. The Morgan fingerprint density at radius 3 is 2.67 bits per heavy atom. The first-order valence-corrected chi connectivity index (χ1v) is 7.22. The van der Waals surface area contributed by atoms with Crippen molar-refractivity contribution in [3.05, 3.63) is 23.8 Å². The molecule has 2 N–H and O–H groups in total. The molecule has 0 bridgehead atoms. The Morgan fingerprint density at radius 1 is 1.44 bits per heavy atom. The minimum atomic E-state index is -3.13. The number of carbonyl (C=O) groups excluding carboxylic acids is 1. The minimum absolute atomic E-state index is 0.00564. The zero-order chi connectivity index (χ0) is 13.8. The molecule has 0 heterocycles. The van der Waals surface area contributed by atoms with Crippen molar-refractivity contribution in [2.24, 2.45) is 0 Å². The van der Waals surface area contributed by atoms with E-state index in [1.165, 1.54) is 25.3 Å². The molecule has 0 radical (unpaired) electrons. The number of hydrogen-bond acceptors (Lipinski definition) is 5. The highest BCUT2D eigenvalue weighted by Gasteiger charge is 2.12. The van der Waals surface area contributed by atoms with Gasteiger partial charge in [-0.25, -0.2) is 8.42 Å². The normalized spacial score (nSPS) is 11.0. The molecule has 0 aliphatic heterocycles. The Kier molecular flexibility index (Phi) is 4.55. The van der Waals surface area contributed by atoms with E-state index in [1.54, 1.807) is 0 Å². The summed E-state index contributed by atoms with van der Waals surface area (Å²) in [6.45, 7) is -0.00564. The summed E-state index contributed by atoms with van der Waals surface area (Å²) in [7, 11) is -1.68. The number of methoxy groups -OCH3 is 1. The number of rotatable bonds is 5. The number of nitrogens with one attached hydrogen (secondary N) is 1. The number of carbonyl (C=O) groups is 1. The standard InChI is InChI=1S/C11H15NO5S/c1-17-8-3-4-10(13)9(7-8)11(14)12-5-6-18(2,15)16/h3-4,7,13H,5-6H2,1-2H3,(H,12,14). The van der Waals surface area contributed by atoms with E-state index < -0.39 is 15.7 Å². The van der Waals surface area contributed by atoms with Gasteiger partial charge < -0.3 is 15.2 Å². The van der Waals surface area contributed by atoms with Gasteiger partial charge in [0, 0.05) is 12.8 Å². The fourth-order valence-electron chi connectivity index (χ4n) is 1.27. The largest absolute Gasteiger partial charge is 0.507 e. The van der Waals surface area contributed by atoms with E-state index in [9.17, 15) is 18.3 Å². The highest BCUT2D eigenvalue weighted by atomic mass is 32.2. The Morgan fingerprint density at radius 2 is 2.11 bits per heavy atom. The second-order valence-electron chi connectivity index (χ2n) is 3.77. The van der Waals surface area contributed by atoms with Crippen molar-refractivity contribution in [3.8, 4) is 11.5 Å². The van der Waals surface area contributed by atoms with Crippen LogP contribution in [0.1, 0.15) is 10.4 Å². The number of aromatic hydroxyl groups is 1. The third-order valence-corrected chi connectivity index (χ3v) is 3.15. The molecule has 1 rings (SSSR count). The molecule has 18 heavy (non-hydrogen) atoms. The zero-order valence-corrected chi connectivity index (χ0v) is 11.0. The lowest BCUT2D eigenvalue weighted by Gasteiger charge is -2.08. The van der Waals surface area contributed by atoms with E-state index in [0.29, 0.717) is 5.75 Å². The molecular formula is C11H15NO5S. The molecule has 1 aromatic rings. The molecule has 0 saturated carbocycles. The fraction of sp³-hybridized carbons (Fsp3) is 0.364. The van der Waals surface area contributed by atoms with Crippen LogP contribution in [-0.4, -0.2) is 45.1 Å². The van der Waals surface area contributed by atoms with Gasteiger partial charge in [0.25, 0.3) is 5.91 Å². The van der Waals surface area contributed by atoms with Crippen LogP contribution >= 0.6 is 0 Å². The van der Waals surface area contributed by atoms with Gasteiger partial charge in [-0.15, -0.1) is 0 Å². The van der Waals surface area contributed by atoms with Crippen LogP contribution in [-0.2, 0) is 9.84 Å². The summed E-state index contributed by atoms with van der Waals surface area (Å²) >= 11 is 0. The van der Waals surface area contributed by atoms with Crippen LogP contribution in [0.15, 0.2) is 18.2 Å². The minimum Gasteiger partial charge on any atom is -0.507 e. The van der Waals surface area contributed by atoms with Crippen molar-refractivity contribution in [1.82, 2.24) is 5.32 Å². The number of sulfone groups is 1. The Labute approximate surface area is 106 Å². The molecule has 0 atom stereocenters. The summed E-state index contributed by atoms with van der Waals surface area (Å²) in [5.74, 6) is -0.451. The maximum Gasteiger partial charge on any atom is 0.255 e. The number of ether oxygens (including phenoxy) is 1. The third-order valence-electron chi connectivity index (χ3n) is 2.21. The van der Waals surface area contributed by atoms with E-state index in [1.807, 2.05) is 0 Å². The maximum atomic E-state index is 11.7. The second kappa shape index (κ2) is 5.72. The van der Waals surface area contributed by atoms with Gasteiger partial charge >= 0.3 is 0 Å². The molecule has 1 aromatic carbocycles. The van der Waals surface area contributed by atoms with E-state index in [2.05, 4.69) is 5.32 Å². The lowest BCUT2D eigenvalue weighted by molar-refractivity contribution is 0.0953. The van der Waals surface area contributed by atoms with Crippen molar-refractivity contribution in [2.45, 2.75) is 0 Å². The van der Waals surface area contributed by atoms with E-state index >= 15 is 0 Å². The number of phenolic OH excluding ortho intramolecular Hbond substituents is 1. The topological polar surface area (TPSA) is 92.7 Å². The molecule has 0 spiro atoms. The van der Waals surface area contributed by atoms with Crippen LogP contribution in [0.25, 0.3) is 0 Å². The summed E-state index contributed by atoms with van der Waals surface area (Å²) in [5, 5.41) is 11.9. The lowest BCUT2D eigenvalue weighted by Crippen LogP contribution is -2.28. The van der Waals surface area contributed by atoms with Crippen molar-refractivity contribution < 1.29 is 23.1 Å². The lowest BCUT2D eigenvalue weighted by atomic mass is 10.2.